The predicted molar refractivity (Wildman–Crippen MR) is 90.8 cm³/mol. The summed E-state index contributed by atoms with van der Waals surface area (Å²) in [4.78, 5) is 24.2. The molecule has 3 rings (SSSR count). The number of anilines is 2. The molecule has 0 saturated heterocycles. The first-order valence-corrected chi connectivity index (χ1v) is 8.42. The third-order valence-corrected chi connectivity index (χ3v) is 5.46. The van der Waals surface area contributed by atoms with Gasteiger partial charge in [-0.2, -0.15) is 0 Å². The molecule has 0 aliphatic heterocycles. The van der Waals surface area contributed by atoms with Crippen molar-refractivity contribution >= 4 is 23.2 Å². The van der Waals surface area contributed by atoms with Crippen molar-refractivity contribution in [2.24, 2.45) is 17.8 Å². The fourth-order valence-electron chi connectivity index (χ4n) is 4.26. The zero-order valence-electron chi connectivity index (χ0n) is 13.8. The minimum atomic E-state index is -0.657. The second-order valence-corrected chi connectivity index (χ2v) is 7.15. The summed E-state index contributed by atoms with van der Waals surface area (Å²) >= 11 is 0. The number of hydrogen-bond acceptors (Lipinski definition) is 3. The number of nitrogens with one attached hydrogen (secondary N) is 2. The van der Waals surface area contributed by atoms with Gasteiger partial charge in [-0.3, -0.25) is 9.59 Å². The maximum Gasteiger partial charge on any atom is 0.313 e. The standard InChI is InChI=1S/C18H25N3O2/c1-10-3-6-16(15(19)7-10)21-18(23)17(22)20-11(2)14-9-12-4-5-13(14)8-12/h3,6-7,11-14H,4-5,8-9,19H2,1-2H3,(H,20,22)(H,21,23). The number of nitrogen functional groups attached to an aromatic ring is 1. The van der Waals surface area contributed by atoms with Crippen LogP contribution in [0.1, 0.15) is 38.2 Å². The molecule has 5 nitrogen and oxygen atoms in total. The van der Waals surface area contributed by atoms with Crippen LogP contribution in [-0.4, -0.2) is 17.9 Å². The molecule has 0 heterocycles. The molecule has 4 N–H and O–H groups in total. The Morgan fingerprint density at radius 1 is 1.22 bits per heavy atom. The third kappa shape index (κ3) is 3.33. The van der Waals surface area contributed by atoms with Crippen LogP contribution >= 0.6 is 0 Å². The lowest BCUT2D eigenvalue weighted by molar-refractivity contribution is -0.136. The Morgan fingerprint density at radius 2 is 2.00 bits per heavy atom. The lowest BCUT2D eigenvalue weighted by atomic mass is 9.84. The second-order valence-electron chi connectivity index (χ2n) is 7.15. The van der Waals surface area contributed by atoms with E-state index in [1.807, 2.05) is 19.9 Å². The van der Waals surface area contributed by atoms with Crippen molar-refractivity contribution in [1.29, 1.82) is 0 Å². The van der Waals surface area contributed by atoms with Gasteiger partial charge >= 0.3 is 11.8 Å². The van der Waals surface area contributed by atoms with Gasteiger partial charge in [0.2, 0.25) is 0 Å². The van der Waals surface area contributed by atoms with Gasteiger partial charge in [0.05, 0.1) is 11.4 Å². The molecule has 4 unspecified atom stereocenters. The zero-order chi connectivity index (χ0) is 16.6. The highest BCUT2D eigenvalue weighted by Crippen LogP contribution is 2.49. The van der Waals surface area contributed by atoms with E-state index in [-0.39, 0.29) is 6.04 Å². The monoisotopic (exact) mass is 315 g/mol. The molecule has 23 heavy (non-hydrogen) atoms. The van der Waals surface area contributed by atoms with Crippen molar-refractivity contribution in [3.05, 3.63) is 23.8 Å². The molecule has 2 fully saturated rings. The molecule has 0 radical (unpaired) electrons. The maximum atomic E-state index is 12.1. The first kappa shape index (κ1) is 15.8. The number of carbonyl (C=O) groups is 2. The van der Waals surface area contributed by atoms with Crippen molar-refractivity contribution in [3.63, 3.8) is 0 Å². The highest BCUT2D eigenvalue weighted by Gasteiger charge is 2.42. The number of rotatable bonds is 3. The number of hydrogen-bond donors (Lipinski definition) is 3. The van der Waals surface area contributed by atoms with E-state index in [4.69, 9.17) is 5.73 Å². The van der Waals surface area contributed by atoms with E-state index in [0.29, 0.717) is 23.2 Å². The second kappa shape index (κ2) is 6.22. The van der Waals surface area contributed by atoms with E-state index in [9.17, 15) is 9.59 Å². The molecule has 124 valence electrons. The third-order valence-electron chi connectivity index (χ3n) is 5.46. The summed E-state index contributed by atoms with van der Waals surface area (Å²) in [6.07, 6.45) is 5.06. The summed E-state index contributed by atoms with van der Waals surface area (Å²) in [7, 11) is 0. The first-order valence-electron chi connectivity index (χ1n) is 8.42. The summed E-state index contributed by atoms with van der Waals surface area (Å²) in [5.74, 6) is 0.808. The molecule has 1 aromatic carbocycles. The predicted octanol–water partition coefficient (Wildman–Crippen LogP) is 2.46. The molecule has 2 bridgehead atoms. The minimum Gasteiger partial charge on any atom is -0.397 e. The fourth-order valence-corrected chi connectivity index (χ4v) is 4.26. The molecule has 2 aliphatic carbocycles. The summed E-state index contributed by atoms with van der Waals surface area (Å²) in [5.41, 5.74) is 7.81. The number of amides is 2. The van der Waals surface area contributed by atoms with E-state index in [0.717, 1.165) is 11.5 Å². The summed E-state index contributed by atoms with van der Waals surface area (Å²) < 4.78 is 0. The molecule has 4 atom stereocenters. The van der Waals surface area contributed by atoms with Crippen LogP contribution in [0, 0.1) is 24.7 Å². The summed E-state index contributed by atoms with van der Waals surface area (Å²) in [5, 5.41) is 5.46. The smallest absolute Gasteiger partial charge is 0.313 e. The van der Waals surface area contributed by atoms with Crippen molar-refractivity contribution < 1.29 is 9.59 Å². The van der Waals surface area contributed by atoms with Crippen molar-refractivity contribution in [3.8, 4) is 0 Å². The van der Waals surface area contributed by atoms with E-state index in [1.54, 1.807) is 12.1 Å². The Morgan fingerprint density at radius 3 is 2.61 bits per heavy atom. The van der Waals surface area contributed by atoms with Gasteiger partial charge in [-0.25, -0.2) is 0 Å². The van der Waals surface area contributed by atoms with Gasteiger partial charge in [-0.15, -0.1) is 0 Å². The van der Waals surface area contributed by atoms with Crippen LogP contribution in [0.2, 0.25) is 0 Å². The number of carbonyl (C=O) groups excluding carboxylic acids is 2. The van der Waals surface area contributed by atoms with Gasteiger partial charge in [0.1, 0.15) is 0 Å². The van der Waals surface area contributed by atoms with Gasteiger partial charge in [-0.05, 0) is 68.6 Å². The van der Waals surface area contributed by atoms with Crippen molar-refractivity contribution in [2.45, 2.75) is 45.6 Å². The minimum absolute atomic E-state index is 0.0407. The Labute approximate surface area is 137 Å². The molecular formula is C18H25N3O2. The molecule has 2 saturated carbocycles. The van der Waals surface area contributed by atoms with Gasteiger partial charge < -0.3 is 16.4 Å². The van der Waals surface area contributed by atoms with Crippen LogP contribution in [0.15, 0.2) is 18.2 Å². The number of nitrogens with two attached hydrogens (primary N) is 1. The topological polar surface area (TPSA) is 84.2 Å². The fraction of sp³-hybridized carbons (Fsp3) is 0.556. The Balaban J connectivity index is 1.56. The quantitative estimate of drug-likeness (QED) is 0.592. The number of fused-ring (bicyclic) bond motifs is 2. The van der Waals surface area contributed by atoms with Gasteiger partial charge in [-0.1, -0.05) is 12.5 Å². The average Bonchev–Trinajstić information content (AvgIpc) is 3.12. The molecule has 2 amide bonds. The van der Waals surface area contributed by atoms with E-state index in [2.05, 4.69) is 10.6 Å². The Bertz CT molecular complexity index is 629. The largest absolute Gasteiger partial charge is 0.397 e. The average molecular weight is 315 g/mol. The van der Waals surface area contributed by atoms with Crippen LogP contribution < -0.4 is 16.4 Å². The van der Waals surface area contributed by atoms with Crippen LogP contribution in [0.4, 0.5) is 11.4 Å². The van der Waals surface area contributed by atoms with Crippen molar-refractivity contribution in [1.82, 2.24) is 5.32 Å². The van der Waals surface area contributed by atoms with Gasteiger partial charge in [0.25, 0.3) is 0 Å². The molecule has 0 spiro atoms. The van der Waals surface area contributed by atoms with Crippen LogP contribution in [0.3, 0.4) is 0 Å². The summed E-state index contributed by atoms with van der Waals surface area (Å²) in [6.45, 7) is 3.93. The zero-order valence-corrected chi connectivity index (χ0v) is 13.8. The molecule has 1 aromatic rings. The SMILES string of the molecule is Cc1ccc(NC(=O)C(=O)NC(C)C2CC3CCC2C3)c(N)c1. The van der Waals surface area contributed by atoms with Crippen LogP contribution in [0.25, 0.3) is 0 Å². The highest BCUT2D eigenvalue weighted by atomic mass is 16.2. The van der Waals surface area contributed by atoms with Crippen LogP contribution in [0.5, 0.6) is 0 Å². The first-order chi connectivity index (χ1) is 10.9. The van der Waals surface area contributed by atoms with E-state index >= 15 is 0 Å². The Kier molecular flexibility index (Phi) is 4.28. The van der Waals surface area contributed by atoms with Crippen LogP contribution in [-0.2, 0) is 9.59 Å². The lowest BCUT2D eigenvalue weighted by Crippen LogP contribution is -2.45. The van der Waals surface area contributed by atoms with Crippen molar-refractivity contribution in [2.75, 3.05) is 11.1 Å². The number of aryl methyl sites for hydroxylation is 1. The normalized spacial score (nSPS) is 26.8. The van der Waals surface area contributed by atoms with Gasteiger partial charge in [0, 0.05) is 6.04 Å². The van der Waals surface area contributed by atoms with Gasteiger partial charge in [0.15, 0.2) is 0 Å². The highest BCUT2D eigenvalue weighted by molar-refractivity contribution is 6.40. The molecular weight excluding hydrogens is 290 g/mol. The lowest BCUT2D eigenvalue weighted by Gasteiger charge is -2.28. The van der Waals surface area contributed by atoms with E-state index in [1.165, 1.54) is 25.7 Å². The maximum absolute atomic E-state index is 12.1. The Hall–Kier alpha value is -2.04. The number of benzene rings is 1. The summed E-state index contributed by atoms with van der Waals surface area (Å²) in [6, 6.07) is 5.38. The van der Waals surface area contributed by atoms with E-state index < -0.39 is 11.8 Å². The molecule has 0 aromatic heterocycles. The molecule has 2 aliphatic rings. The molecule has 5 heteroatoms.